The number of nitrogens with zero attached hydrogens (tertiary/aromatic N) is 2. The van der Waals surface area contributed by atoms with E-state index >= 15 is 0 Å². The lowest BCUT2D eigenvalue weighted by Crippen LogP contribution is -2.24. The van der Waals surface area contributed by atoms with Crippen LogP contribution in [0.15, 0.2) is 10.9 Å². The Labute approximate surface area is 106 Å². The van der Waals surface area contributed by atoms with Gasteiger partial charge >= 0.3 is 0 Å². The van der Waals surface area contributed by atoms with Crippen molar-refractivity contribution in [1.29, 1.82) is 0 Å². The number of aromatic amines is 1. The maximum atomic E-state index is 11.4. The van der Waals surface area contributed by atoms with E-state index in [1.54, 1.807) is 13.0 Å². The van der Waals surface area contributed by atoms with Gasteiger partial charge in [0.2, 0.25) is 0 Å². The van der Waals surface area contributed by atoms with Crippen molar-refractivity contribution in [1.82, 2.24) is 14.9 Å². The fourth-order valence-electron chi connectivity index (χ4n) is 3.45. The molecule has 1 aliphatic carbocycles. The molecular weight excluding hydrogens is 230 g/mol. The highest BCUT2D eigenvalue weighted by Gasteiger charge is 2.40. The van der Waals surface area contributed by atoms with E-state index in [0.717, 1.165) is 38.2 Å². The van der Waals surface area contributed by atoms with Crippen LogP contribution in [0.3, 0.4) is 0 Å². The van der Waals surface area contributed by atoms with Gasteiger partial charge < -0.3 is 10.1 Å². The fourth-order valence-corrected chi connectivity index (χ4v) is 3.45. The molecule has 1 unspecified atom stereocenters. The Balaban J connectivity index is 1.66. The summed E-state index contributed by atoms with van der Waals surface area (Å²) in [6.45, 7) is 4.60. The Hall–Kier alpha value is -1.20. The second-order valence-electron chi connectivity index (χ2n) is 5.66. The molecule has 1 saturated heterocycles. The molecule has 3 rings (SSSR count). The molecule has 1 aromatic heterocycles. The van der Waals surface area contributed by atoms with Crippen LogP contribution in [0.4, 0.5) is 0 Å². The number of aliphatic hydroxyl groups is 1. The molecule has 98 valence electrons. The zero-order chi connectivity index (χ0) is 12.7. The topological polar surface area (TPSA) is 69.2 Å². The second kappa shape index (κ2) is 4.48. The monoisotopic (exact) mass is 249 g/mol. The maximum Gasteiger partial charge on any atom is 0.251 e. The smallest absolute Gasteiger partial charge is 0.251 e. The third kappa shape index (κ3) is 2.33. The van der Waals surface area contributed by atoms with Crippen molar-refractivity contribution in [2.75, 3.05) is 13.1 Å². The van der Waals surface area contributed by atoms with Gasteiger partial charge in [-0.2, -0.15) is 0 Å². The van der Waals surface area contributed by atoms with Crippen LogP contribution in [0.5, 0.6) is 0 Å². The summed E-state index contributed by atoms with van der Waals surface area (Å²) in [6.07, 6.45) is 1.77. The number of aromatic nitrogens is 2. The van der Waals surface area contributed by atoms with Crippen LogP contribution in [0.25, 0.3) is 0 Å². The zero-order valence-corrected chi connectivity index (χ0v) is 10.6. The number of aryl methyl sites for hydroxylation is 1. The number of hydrogen-bond acceptors (Lipinski definition) is 4. The Morgan fingerprint density at radius 2 is 2.11 bits per heavy atom. The van der Waals surface area contributed by atoms with Crippen molar-refractivity contribution in [3.05, 3.63) is 27.9 Å². The van der Waals surface area contributed by atoms with E-state index in [9.17, 15) is 9.90 Å². The highest BCUT2D eigenvalue weighted by atomic mass is 16.3. The van der Waals surface area contributed by atoms with Gasteiger partial charge in [0.15, 0.2) is 0 Å². The van der Waals surface area contributed by atoms with Crippen LogP contribution < -0.4 is 5.56 Å². The normalized spacial score (nSPS) is 31.8. The predicted molar refractivity (Wildman–Crippen MR) is 67.1 cm³/mol. The van der Waals surface area contributed by atoms with E-state index in [1.807, 2.05) is 0 Å². The summed E-state index contributed by atoms with van der Waals surface area (Å²) in [5, 5.41) is 9.61. The van der Waals surface area contributed by atoms with Crippen molar-refractivity contribution in [2.24, 2.45) is 11.8 Å². The third-order valence-corrected chi connectivity index (χ3v) is 4.10. The third-order valence-electron chi connectivity index (χ3n) is 4.10. The van der Waals surface area contributed by atoms with E-state index in [1.165, 1.54) is 0 Å². The Bertz CT molecular complexity index is 485. The molecule has 2 fully saturated rings. The number of likely N-dealkylation sites (tertiary alicyclic amines) is 1. The van der Waals surface area contributed by atoms with Crippen LogP contribution in [-0.4, -0.2) is 39.2 Å². The van der Waals surface area contributed by atoms with Crippen molar-refractivity contribution in [2.45, 2.75) is 32.4 Å². The number of fused-ring (bicyclic) bond motifs is 1. The fraction of sp³-hybridized carbons (Fsp3) is 0.692. The summed E-state index contributed by atoms with van der Waals surface area (Å²) in [6, 6.07) is 1.58. The van der Waals surface area contributed by atoms with Gasteiger partial charge in [0.1, 0.15) is 5.82 Å². The molecule has 0 spiro atoms. The van der Waals surface area contributed by atoms with Gasteiger partial charge in [-0.25, -0.2) is 4.98 Å². The minimum Gasteiger partial charge on any atom is -0.393 e. The summed E-state index contributed by atoms with van der Waals surface area (Å²) in [7, 11) is 0. The molecule has 2 N–H and O–H groups in total. The SMILES string of the molecule is Cc1nc(CN2C[C@H]3CC(O)C[C@H]3C2)cc(=O)[nH]1. The van der Waals surface area contributed by atoms with Crippen molar-refractivity contribution >= 4 is 0 Å². The van der Waals surface area contributed by atoms with Crippen molar-refractivity contribution in [3.8, 4) is 0 Å². The van der Waals surface area contributed by atoms with Gasteiger partial charge in [-0.15, -0.1) is 0 Å². The van der Waals surface area contributed by atoms with Crippen LogP contribution in [0.2, 0.25) is 0 Å². The lowest BCUT2D eigenvalue weighted by Gasteiger charge is -2.17. The van der Waals surface area contributed by atoms with Gasteiger partial charge in [-0.05, 0) is 31.6 Å². The number of rotatable bonds is 2. The summed E-state index contributed by atoms with van der Waals surface area (Å²) >= 11 is 0. The first kappa shape index (κ1) is 11.9. The standard InChI is InChI=1S/C13H19N3O2/c1-8-14-11(4-13(18)15-8)7-16-5-9-2-12(17)3-10(9)6-16/h4,9-10,12,17H,2-3,5-7H2,1H3,(H,14,15,18)/t9-,10+,12?. The molecule has 2 heterocycles. The molecule has 0 radical (unpaired) electrons. The highest BCUT2D eigenvalue weighted by molar-refractivity contribution is 5.03. The molecule has 0 bridgehead atoms. The largest absolute Gasteiger partial charge is 0.393 e. The summed E-state index contributed by atoms with van der Waals surface area (Å²) in [4.78, 5) is 20.7. The zero-order valence-electron chi connectivity index (χ0n) is 10.6. The van der Waals surface area contributed by atoms with E-state index < -0.39 is 0 Å². The molecule has 3 atom stereocenters. The lowest BCUT2D eigenvalue weighted by atomic mass is 10.0. The van der Waals surface area contributed by atoms with Gasteiger partial charge in [-0.1, -0.05) is 0 Å². The van der Waals surface area contributed by atoms with Crippen LogP contribution in [0.1, 0.15) is 24.4 Å². The molecule has 0 aromatic carbocycles. The first-order chi connectivity index (χ1) is 8.60. The molecule has 5 heteroatoms. The van der Waals surface area contributed by atoms with Crippen LogP contribution in [0, 0.1) is 18.8 Å². The molecular formula is C13H19N3O2. The van der Waals surface area contributed by atoms with E-state index in [-0.39, 0.29) is 11.7 Å². The number of aliphatic hydroxyl groups excluding tert-OH is 1. The highest BCUT2D eigenvalue weighted by Crippen LogP contribution is 2.38. The number of hydrogen-bond donors (Lipinski definition) is 2. The van der Waals surface area contributed by atoms with Crippen molar-refractivity contribution < 1.29 is 5.11 Å². The summed E-state index contributed by atoms with van der Waals surface area (Å²) in [5.41, 5.74) is 0.768. The Morgan fingerprint density at radius 1 is 1.44 bits per heavy atom. The average molecular weight is 249 g/mol. The van der Waals surface area contributed by atoms with Gasteiger partial charge in [-0.3, -0.25) is 9.69 Å². The van der Waals surface area contributed by atoms with E-state index in [2.05, 4.69) is 14.9 Å². The number of nitrogens with one attached hydrogen (secondary N) is 1. The minimum atomic E-state index is -0.0953. The van der Waals surface area contributed by atoms with Crippen LogP contribution in [-0.2, 0) is 6.54 Å². The quantitative estimate of drug-likeness (QED) is 0.790. The van der Waals surface area contributed by atoms with E-state index in [4.69, 9.17) is 0 Å². The summed E-state index contributed by atoms with van der Waals surface area (Å²) < 4.78 is 0. The summed E-state index contributed by atoms with van der Waals surface area (Å²) in [5.74, 6) is 1.93. The first-order valence-electron chi connectivity index (χ1n) is 6.57. The molecule has 1 aliphatic heterocycles. The Kier molecular flexibility index (Phi) is 2.95. The van der Waals surface area contributed by atoms with E-state index in [0.29, 0.717) is 17.7 Å². The molecule has 2 aliphatic rings. The number of H-pyrrole nitrogens is 1. The molecule has 18 heavy (non-hydrogen) atoms. The van der Waals surface area contributed by atoms with Gasteiger partial charge in [0.05, 0.1) is 11.8 Å². The van der Waals surface area contributed by atoms with Crippen molar-refractivity contribution in [3.63, 3.8) is 0 Å². The lowest BCUT2D eigenvalue weighted by molar-refractivity contribution is 0.161. The molecule has 1 aromatic rings. The second-order valence-corrected chi connectivity index (χ2v) is 5.66. The minimum absolute atomic E-state index is 0.0766. The Morgan fingerprint density at radius 3 is 2.72 bits per heavy atom. The van der Waals surface area contributed by atoms with Gasteiger partial charge in [0.25, 0.3) is 5.56 Å². The molecule has 5 nitrogen and oxygen atoms in total. The van der Waals surface area contributed by atoms with Gasteiger partial charge in [0, 0.05) is 25.7 Å². The first-order valence-corrected chi connectivity index (χ1v) is 6.57. The average Bonchev–Trinajstić information content (AvgIpc) is 2.72. The molecule has 1 saturated carbocycles. The van der Waals surface area contributed by atoms with Crippen LogP contribution >= 0.6 is 0 Å². The predicted octanol–water partition coefficient (Wildman–Crippen LogP) is 0.281. The maximum absolute atomic E-state index is 11.4. The molecule has 0 amide bonds.